The molecule has 0 bridgehead atoms. The van der Waals surface area contributed by atoms with E-state index in [-0.39, 0.29) is 17.4 Å². The van der Waals surface area contributed by atoms with Gasteiger partial charge in [0, 0.05) is 56.6 Å². The molecule has 1 saturated heterocycles. The van der Waals surface area contributed by atoms with Gasteiger partial charge >= 0.3 is 0 Å². The molecule has 160 valence electrons. The van der Waals surface area contributed by atoms with Crippen LogP contribution in [0.2, 0.25) is 0 Å². The summed E-state index contributed by atoms with van der Waals surface area (Å²) in [5.74, 6) is 0.964. The molecule has 2 saturated carbocycles. The molecule has 1 spiro atoms. The lowest BCUT2D eigenvalue weighted by atomic mass is 9.55. The molecule has 4 rings (SSSR count). The first-order valence-corrected chi connectivity index (χ1v) is 11.3. The fraction of sp³-hybridized carbons (Fsp3) is 0.773. The van der Waals surface area contributed by atoms with E-state index >= 15 is 0 Å². The van der Waals surface area contributed by atoms with Crippen molar-refractivity contribution >= 4 is 11.9 Å². The third-order valence-corrected chi connectivity index (χ3v) is 7.19. The lowest BCUT2D eigenvalue weighted by molar-refractivity contribution is -0.156. The maximum atomic E-state index is 13.1. The molecule has 1 aromatic rings. The van der Waals surface area contributed by atoms with E-state index in [1.165, 1.54) is 32.1 Å². The van der Waals surface area contributed by atoms with Crippen molar-refractivity contribution in [3.8, 4) is 0 Å². The van der Waals surface area contributed by atoms with Gasteiger partial charge in [-0.1, -0.05) is 19.3 Å². The van der Waals surface area contributed by atoms with E-state index in [9.17, 15) is 4.79 Å². The Labute approximate surface area is 174 Å². The summed E-state index contributed by atoms with van der Waals surface area (Å²) in [6.45, 7) is 7.90. The number of ether oxygens (including phenoxy) is 1. The average Bonchev–Trinajstić information content (AvgIpc) is 2.79. The van der Waals surface area contributed by atoms with Crippen LogP contribution in [-0.2, 0) is 9.53 Å². The SMILES string of the molecule is CCO[C@@H]1C[C@@H](N[C@@H](C)C(=O)N2CCN(c3ncccn3)CC2)C12CCCCC2. The number of aromatic nitrogens is 2. The van der Waals surface area contributed by atoms with Crippen molar-refractivity contribution < 1.29 is 9.53 Å². The van der Waals surface area contributed by atoms with Crippen LogP contribution in [-0.4, -0.2) is 71.7 Å². The zero-order valence-corrected chi connectivity index (χ0v) is 17.8. The highest BCUT2D eigenvalue weighted by atomic mass is 16.5. The minimum absolute atomic E-state index is 0.152. The number of hydrogen-bond acceptors (Lipinski definition) is 6. The topological polar surface area (TPSA) is 70.6 Å². The van der Waals surface area contributed by atoms with Crippen molar-refractivity contribution in [2.24, 2.45) is 5.41 Å². The Morgan fingerprint density at radius 2 is 1.90 bits per heavy atom. The maximum Gasteiger partial charge on any atom is 0.239 e. The van der Waals surface area contributed by atoms with Crippen LogP contribution in [0.5, 0.6) is 0 Å². The Bertz CT molecular complexity index is 671. The standard InChI is InChI=1S/C22H35N5O2/c1-3-29-19-16-18(22(19)8-5-4-6-9-22)25-17(2)20(28)26-12-14-27(15-13-26)21-23-10-7-11-24-21/h7,10-11,17-19,25H,3-6,8-9,12-16H2,1-2H3/t17-,18+,19+/m0/s1. The molecule has 3 fully saturated rings. The first-order chi connectivity index (χ1) is 14.1. The second-order valence-corrected chi connectivity index (χ2v) is 8.78. The van der Waals surface area contributed by atoms with Crippen LogP contribution in [0.1, 0.15) is 52.4 Å². The smallest absolute Gasteiger partial charge is 0.239 e. The number of hydrogen-bond donors (Lipinski definition) is 1. The largest absolute Gasteiger partial charge is 0.378 e. The minimum Gasteiger partial charge on any atom is -0.378 e. The average molecular weight is 402 g/mol. The first kappa shape index (κ1) is 20.5. The molecule has 3 atom stereocenters. The maximum absolute atomic E-state index is 13.1. The van der Waals surface area contributed by atoms with Gasteiger partial charge in [0.1, 0.15) is 0 Å². The van der Waals surface area contributed by atoms with E-state index in [0.29, 0.717) is 12.1 Å². The second-order valence-electron chi connectivity index (χ2n) is 8.78. The lowest BCUT2D eigenvalue weighted by Gasteiger charge is -2.58. The molecular formula is C22H35N5O2. The predicted molar refractivity (Wildman–Crippen MR) is 113 cm³/mol. The second kappa shape index (κ2) is 8.96. The minimum atomic E-state index is -0.152. The zero-order valence-electron chi connectivity index (χ0n) is 17.8. The fourth-order valence-corrected chi connectivity index (χ4v) is 5.53. The van der Waals surface area contributed by atoms with E-state index in [0.717, 1.165) is 45.2 Å². The number of piperazine rings is 1. The highest BCUT2D eigenvalue weighted by molar-refractivity contribution is 5.81. The van der Waals surface area contributed by atoms with E-state index in [2.05, 4.69) is 27.1 Å². The Hall–Kier alpha value is -1.73. The highest BCUT2D eigenvalue weighted by Gasteiger charge is 2.56. The van der Waals surface area contributed by atoms with Gasteiger partial charge in [0.05, 0.1) is 12.1 Å². The molecule has 29 heavy (non-hydrogen) atoms. The quantitative estimate of drug-likeness (QED) is 0.788. The lowest BCUT2D eigenvalue weighted by Crippen LogP contribution is -2.67. The summed E-state index contributed by atoms with van der Waals surface area (Å²) in [6, 6.07) is 2.07. The molecule has 2 aliphatic carbocycles. The van der Waals surface area contributed by atoms with Gasteiger partial charge in [0.25, 0.3) is 0 Å². The monoisotopic (exact) mass is 401 g/mol. The Morgan fingerprint density at radius 3 is 2.55 bits per heavy atom. The fourth-order valence-electron chi connectivity index (χ4n) is 5.53. The summed E-state index contributed by atoms with van der Waals surface area (Å²) < 4.78 is 6.06. The molecule has 7 nitrogen and oxygen atoms in total. The number of rotatable bonds is 6. The predicted octanol–water partition coefficient (Wildman–Crippen LogP) is 2.23. The number of nitrogens with one attached hydrogen (secondary N) is 1. The Balaban J connectivity index is 1.31. The highest BCUT2D eigenvalue weighted by Crippen LogP contribution is 2.53. The van der Waals surface area contributed by atoms with Gasteiger partial charge in [-0.15, -0.1) is 0 Å². The normalized spacial score (nSPS) is 27.5. The van der Waals surface area contributed by atoms with Gasteiger partial charge in [-0.3, -0.25) is 4.79 Å². The third kappa shape index (κ3) is 4.12. The number of amides is 1. The van der Waals surface area contributed by atoms with Gasteiger partial charge in [0.2, 0.25) is 11.9 Å². The van der Waals surface area contributed by atoms with Crippen LogP contribution in [0.3, 0.4) is 0 Å². The summed E-state index contributed by atoms with van der Waals surface area (Å²) in [6.07, 6.45) is 11.3. The molecule has 1 N–H and O–H groups in total. The van der Waals surface area contributed by atoms with Crippen LogP contribution in [0.25, 0.3) is 0 Å². The Kier molecular flexibility index (Phi) is 6.35. The van der Waals surface area contributed by atoms with Gasteiger partial charge < -0.3 is 19.9 Å². The molecule has 3 aliphatic rings. The van der Waals surface area contributed by atoms with Crippen LogP contribution in [0.15, 0.2) is 18.5 Å². The summed E-state index contributed by atoms with van der Waals surface area (Å²) in [5, 5.41) is 3.70. The van der Waals surface area contributed by atoms with Crippen LogP contribution in [0, 0.1) is 5.41 Å². The number of carbonyl (C=O) groups excluding carboxylic acids is 1. The van der Waals surface area contributed by atoms with Crippen molar-refractivity contribution in [2.45, 2.75) is 70.6 Å². The zero-order chi connectivity index (χ0) is 20.3. The summed E-state index contributed by atoms with van der Waals surface area (Å²) in [5.41, 5.74) is 0.242. The molecule has 2 heterocycles. The van der Waals surface area contributed by atoms with Crippen molar-refractivity contribution in [1.82, 2.24) is 20.2 Å². The Morgan fingerprint density at radius 1 is 1.21 bits per heavy atom. The van der Waals surface area contributed by atoms with Gasteiger partial charge in [-0.05, 0) is 39.2 Å². The van der Waals surface area contributed by atoms with E-state index in [1.54, 1.807) is 12.4 Å². The molecule has 0 aromatic carbocycles. The summed E-state index contributed by atoms with van der Waals surface area (Å²) >= 11 is 0. The molecule has 1 aromatic heterocycles. The molecule has 0 radical (unpaired) electrons. The molecule has 1 aliphatic heterocycles. The van der Waals surface area contributed by atoms with Crippen molar-refractivity contribution in [3.05, 3.63) is 18.5 Å². The van der Waals surface area contributed by atoms with E-state index in [4.69, 9.17) is 4.74 Å². The number of anilines is 1. The van der Waals surface area contributed by atoms with Crippen LogP contribution >= 0.6 is 0 Å². The third-order valence-electron chi connectivity index (χ3n) is 7.19. The van der Waals surface area contributed by atoms with Gasteiger partial charge in [-0.25, -0.2) is 9.97 Å². The van der Waals surface area contributed by atoms with Crippen molar-refractivity contribution in [3.63, 3.8) is 0 Å². The van der Waals surface area contributed by atoms with Crippen molar-refractivity contribution in [2.75, 3.05) is 37.7 Å². The van der Waals surface area contributed by atoms with Crippen LogP contribution < -0.4 is 10.2 Å². The van der Waals surface area contributed by atoms with Gasteiger partial charge in [0.15, 0.2) is 0 Å². The molecule has 0 unspecified atom stereocenters. The summed E-state index contributed by atoms with van der Waals surface area (Å²) in [7, 11) is 0. The van der Waals surface area contributed by atoms with Crippen molar-refractivity contribution in [1.29, 1.82) is 0 Å². The molecule has 7 heteroatoms. The number of carbonyl (C=O) groups is 1. The number of nitrogens with zero attached hydrogens (tertiary/aromatic N) is 4. The molecule has 1 amide bonds. The molecular weight excluding hydrogens is 366 g/mol. The summed E-state index contributed by atoms with van der Waals surface area (Å²) in [4.78, 5) is 25.9. The van der Waals surface area contributed by atoms with E-state index < -0.39 is 0 Å². The van der Waals surface area contributed by atoms with E-state index in [1.807, 2.05) is 17.9 Å². The first-order valence-electron chi connectivity index (χ1n) is 11.3. The van der Waals surface area contributed by atoms with Crippen LogP contribution in [0.4, 0.5) is 5.95 Å². The van der Waals surface area contributed by atoms with Gasteiger partial charge in [-0.2, -0.15) is 0 Å².